The third-order valence-corrected chi connectivity index (χ3v) is 5.21. The lowest BCUT2D eigenvalue weighted by Gasteiger charge is -2.27. The molecule has 0 unspecified atom stereocenters. The third kappa shape index (κ3) is 1.71. The highest BCUT2D eigenvalue weighted by atomic mass is 16.5. The van der Waals surface area contributed by atoms with E-state index in [9.17, 15) is 9.90 Å². The summed E-state index contributed by atoms with van der Waals surface area (Å²) in [5.41, 5.74) is 2.28. The fourth-order valence-electron chi connectivity index (χ4n) is 4.22. The van der Waals surface area contributed by atoms with Crippen LogP contribution in [0.1, 0.15) is 40.0 Å². The molecule has 0 saturated heterocycles. The van der Waals surface area contributed by atoms with Crippen LogP contribution in [0.15, 0.2) is 11.1 Å². The zero-order valence-electron chi connectivity index (χ0n) is 11.4. The van der Waals surface area contributed by atoms with Crippen LogP contribution in [-0.4, -0.2) is 23.8 Å². The zero-order chi connectivity index (χ0) is 13.1. The van der Waals surface area contributed by atoms with E-state index in [-0.39, 0.29) is 11.9 Å². The Morgan fingerprint density at radius 3 is 2.78 bits per heavy atom. The average molecular weight is 250 g/mol. The second kappa shape index (κ2) is 3.83. The zero-order valence-corrected chi connectivity index (χ0v) is 11.4. The predicted molar refractivity (Wildman–Crippen MR) is 67.8 cm³/mol. The molecule has 3 rings (SSSR count). The molecule has 0 bridgehead atoms. The summed E-state index contributed by atoms with van der Waals surface area (Å²) in [5.74, 6) is 1.02. The van der Waals surface area contributed by atoms with Crippen LogP contribution in [0, 0.1) is 23.2 Å². The lowest BCUT2D eigenvalue weighted by atomic mass is 9.80. The molecule has 1 fully saturated rings. The maximum atomic E-state index is 11.8. The van der Waals surface area contributed by atoms with E-state index in [4.69, 9.17) is 4.74 Å². The molecule has 3 nitrogen and oxygen atoms in total. The summed E-state index contributed by atoms with van der Waals surface area (Å²) in [6, 6.07) is 0. The number of carbonyl (C=O) groups excluding carboxylic acids is 1. The van der Waals surface area contributed by atoms with Crippen molar-refractivity contribution < 1.29 is 14.6 Å². The van der Waals surface area contributed by atoms with Crippen molar-refractivity contribution in [2.45, 2.75) is 46.1 Å². The molecular formula is C15H22O3. The first-order valence-corrected chi connectivity index (χ1v) is 6.96. The van der Waals surface area contributed by atoms with Gasteiger partial charge in [0.25, 0.3) is 0 Å². The van der Waals surface area contributed by atoms with E-state index in [0.717, 1.165) is 18.4 Å². The lowest BCUT2D eigenvalue weighted by Crippen LogP contribution is -2.27. The van der Waals surface area contributed by atoms with Gasteiger partial charge in [0, 0.05) is 12.0 Å². The second-order valence-electron chi connectivity index (χ2n) is 7.05. The Morgan fingerprint density at radius 1 is 1.33 bits per heavy atom. The minimum atomic E-state index is -0.399. The SMILES string of the molecule is C[C@H]1[C@H]2CC(C)(C)C[C@@H]2C2=C(C[C@@H]1O)C(=O)OC2. The van der Waals surface area contributed by atoms with Crippen molar-refractivity contribution in [3.8, 4) is 0 Å². The highest BCUT2D eigenvalue weighted by molar-refractivity contribution is 5.92. The van der Waals surface area contributed by atoms with E-state index < -0.39 is 6.10 Å². The molecule has 0 amide bonds. The van der Waals surface area contributed by atoms with Crippen molar-refractivity contribution >= 4 is 5.97 Å². The average Bonchev–Trinajstić information content (AvgIpc) is 2.76. The van der Waals surface area contributed by atoms with Crippen molar-refractivity contribution in [3.63, 3.8) is 0 Å². The number of rotatable bonds is 0. The maximum absolute atomic E-state index is 11.8. The normalized spacial score (nSPS) is 42.3. The van der Waals surface area contributed by atoms with Gasteiger partial charge in [0.05, 0.1) is 6.10 Å². The first-order chi connectivity index (χ1) is 8.39. The second-order valence-corrected chi connectivity index (χ2v) is 7.05. The van der Waals surface area contributed by atoms with E-state index in [0.29, 0.717) is 30.3 Å². The minimum Gasteiger partial charge on any atom is -0.458 e. The molecule has 0 radical (unpaired) electrons. The standard InChI is InChI=1S/C15H22O3/c1-8-10-5-15(2,3)6-11(10)12-7-18-14(17)9(12)4-13(8)16/h8,10-11,13,16H,4-7H2,1-3H3/t8-,10+,11-,13-/m0/s1. The van der Waals surface area contributed by atoms with E-state index in [1.165, 1.54) is 5.57 Å². The largest absolute Gasteiger partial charge is 0.458 e. The molecule has 1 aliphatic heterocycles. The van der Waals surface area contributed by atoms with Gasteiger partial charge in [-0.2, -0.15) is 0 Å². The summed E-state index contributed by atoms with van der Waals surface area (Å²) in [6.45, 7) is 7.18. The number of carbonyl (C=O) groups is 1. The Hall–Kier alpha value is -0.830. The molecule has 0 spiro atoms. The number of ether oxygens (including phenoxy) is 1. The Bertz CT molecular complexity index is 421. The van der Waals surface area contributed by atoms with Gasteiger partial charge in [-0.25, -0.2) is 4.79 Å². The predicted octanol–water partition coefficient (Wildman–Crippen LogP) is 2.29. The van der Waals surface area contributed by atoms with Gasteiger partial charge in [0.1, 0.15) is 6.61 Å². The molecule has 100 valence electrons. The van der Waals surface area contributed by atoms with Crippen molar-refractivity contribution in [1.29, 1.82) is 0 Å². The van der Waals surface area contributed by atoms with Crippen LogP contribution in [0.3, 0.4) is 0 Å². The molecule has 0 aromatic carbocycles. The molecule has 0 aromatic heterocycles. The van der Waals surface area contributed by atoms with Gasteiger partial charge in [-0.3, -0.25) is 0 Å². The van der Waals surface area contributed by atoms with Gasteiger partial charge in [-0.1, -0.05) is 20.8 Å². The smallest absolute Gasteiger partial charge is 0.334 e. The van der Waals surface area contributed by atoms with Crippen molar-refractivity contribution in [2.75, 3.05) is 6.61 Å². The van der Waals surface area contributed by atoms with Crippen LogP contribution in [0.2, 0.25) is 0 Å². The highest BCUT2D eigenvalue weighted by Gasteiger charge is 2.49. The fourth-order valence-corrected chi connectivity index (χ4v) is 4.22. The molecule has 1 N–H and O–H groups in total. The van der Waals surface area contributed by atoms with Gasteiger partial charge in [0.2, 0.25) is 0 Å². The molecule has 2 aliphatic carbocycles. The van der Waals surface area contributed by atoms with Gasteiger partial charge in [-0.05, 0) is 41.6 Å². The van der Waals surface area contributed by atoms with Gasteiger partial charge < -0.3 is 9.84 Å². The van der Waals surface area contributed by atoms with E-state index in [1.807, 2.05) is 0 Å². The summed E-state index contributed by atoms with van der Waals surface area (Å²) in [7, 11) is 0. The fraction of sp³-hybridized carbons (Fsp3) is 0.800. The van der Waals surface area contributed by atoms with E-state index >= 15 is 0 Å². The van der Waals surface area contributed by atoms with Crippen LogP contribution in [-0.2, 0) is 9.53 Å². The van der Waals surface area contributed by atoms with Crippen LogP contribution < -0.4 is 0 Å². The monoisotopic (exact) mass is 250 g/mol. The van der Waals surface area contributed by atoms with Crippen molar-refractivity contribution in [3.05, 3.63) is 11.1 Å². The Balaban J connectivity index is 2.02. The molecule has 4 atom stereocenters. The molecular weight excluding hydrogens is 228 g/mol. The van der Waals surface area contributed by atoms with Crippen LogP contribution >= 0.6 is 0 Å². The minimum absolute atomic E-state index is 0.193. The molecule has 1 saturated carbocycles. The van der Waals surface area contributed by atoms with Crippen molar-refractivity contribution in [1.82, 2.24) is 0 Å². The number of hydrogen-bond acceptors (Lipinski definition) is 3. The topological polar surface area (TPSA) is 46.5 Å². The number of hydrogen-bond donors (Lipinski definition) is 1. The number of aliphatic hydroxyl groups is 1. The lowest BCUT2D eigenvalue weighted by molar-refractivity contribution is -0.136. The summed E-state index contributed by atoms with van der Waals surface area (Å²) >= 11 is 0. The van der Waals surface area contributed by atoms with Crippen LogP contribution in [0.5, 0.6) is 0 Å². The molecule has 18 heavy (non-hydrogen) atoms. The molecule has 0 aromatic rings. The van der Waals surface area contributed by atoms with Crippen molar-refractivity contribution in [2.24, 2.45) is 23.2 Å². The van der Waals surface area contributed by atoms with Crippen LogP contribution in [0.4, 0.5) is 0 Å². The van der Waals surface area contributed by atoms with Gasteiger partial charge in [0.15, 0.2) is 0 Å². The molecule has 3 heteroatoms. The Kier molecular flexibility index (Phi) is 2.60. The number of esters is 1. The summed E-state index contributed by atoms with van der Waals surface area (Å²) in [6.07, 6.45) is 2.35. The summed E-state index contributed by atoms with van der Waals surface area (Å²) < 4.78 is 5.19. The summed E-state index contributed by atoms with van der Waals surface area (Å²) in [4.78, 5) is 11.8. The van der Waals surface area contributed by atoms with Crippen LogP contribution in [0.25, 0.3) is 0 Å². The Morgan fingerprint density at radius 2 is 2.06 bits per heavy atom. The molecule has 1 heterocycles. The highest BCUT2D eigenvalue weighted by Crippen LogP contribution is 2.54. The Labute approximate surface area is 108 Å². The van der Waals surface area contributed by atoms with E-state index in [2.05, 4.69) is 20.8 Å². The quantitative estimate of drug-likeness (QED) is 0.671. The number of aliphatic hydroxyl groups excluding tert-OH is 1. The number of fused-ring (bicyclic) bond motifs is 2. The van der Waals surface area contributed by atoms with E-state index in [1.54, 1.807) is 0 Å². The first kappa shape index (κ1) is 12.2. The molecule has 3 aliphatic rings. The third-order valence-electron chi connectivity index (χ3n) is 5.21. The van der Waals surface area contributed by atoms with Gasteiger partial charge in [-0.15, -0.1) is 0 Å². The summed E-state index contributed by atoms with van der Waals surface area (Å²) in [5, 5.41) is 10.3. The first-order valence-electron chi connectivity index (χ1n) is 6.96. The number of cyclic esters (lactones) is 1. The maximum Gasteiger partial charge on any atom is 0.334 e. The van der Waals surface area contributed by atoms with Gasteiger partial charge >= 0.3 is 5.97 Å².